The number of benzene rings is 2. The molecule has 2 aromatic carbocycles. The molecule has 1 atom stereocenters. The zero-order valence-electron chi connectivity index (χ0n) is 11.4. The van der Waals surface area contributed by atoms with Crippen LogP contribution in [0.25, 0.3) is 11.0 Å². The van der Waals surface area contributed by atoms with Crippen LogP contribution < -0.4 is 11.3 Å². The van der Waals surface area contributed by atoms with E-state index in [1.165, 1.54) is 12.1 Å². The minimum atomic E-state index is -0.429. The Bertz CT molecular complexity index is 800. The number of hydrogen-bond donors (Lipinski definition) is 2. The van der Waals surface area contributed by atoms with Gasteiger partial charge in [0.15, 0.2) is 0 Å². The smallest absolute Gasteiger partial charge is 0.137 e. The van der Waals surface area contributed by atoms with Crippen molar-refractivity contribution in [1.82, 2.24) is 5.43 Å². The van der Waals surface area contributed by atoms with Crippen LogP contribution in [0.5, 0.6) is 0 Å². The Kier molecular flexibility index (Phi) is 3.80. The largest absolute Gasteiger partial charge is 0.459 e. The van der Waals surface area contributed by atoms with E-state index in [2.05, 4.69) is 21.4 Å². The third kappa shape index (κ3) is 2.60. The Morgan fingerprint density at radius 1 is 1.24 bits per heavy atom. The number of aryl methyl sites for hydroxylation is 1. The molecule has 1 heterocycles. The highest BCUT2D eigenvalue weighted by Gasteiger charge is 2.20. The van der Waals surface area contributed by atoms with E-state index in [1.54, 1.807) is 6.07 Å². The molecular formula is C16H14BrFN2O. The third-order valence-electron chi connectivity index (χ3n) is 3.48. The van der Waals surface area contributed by atoms with Gasteiger partial charge >= 0.3 is 0 Å². The van der Waals surface area contributed by atoms with Gasteiger partial charge in [0.05, 0.1) is 0 Å². The number of para-hydroxylation sites is 1. The molecule has 3 rings (SSSR count). The number of nitrogens with two attached hydrogens (primary N) is 1. The molecule has 3 N–H and O–H groups in total. The molecule has 3 aromatic rings. The molecule has 1 aromatic heterocycles. The average Bonchev–Trinajstić information content (AvgIpc) is 2.89. The summed E-state index contributed by atoms with van der Waals surface area (Å²) in [5, 5.41) is 0.998. The van der Waals surface area contributed by atoms with Crippen molar-refractivity contribution in [3.05, 3.63) is 69.6 Å². The monoisotopic (exact) mass is 348 g/mol. The van der Waals surface area contributed by atoms with E-state index in [0.29, 0.717) is 11.3 Å². The molecule has 108 valence electrons. The number of rotatable bonds is 3. The zero-order valence-corrected chi connectivity index (χ0v) is 12.9. The number of furan rings is 1. The van der Waals surface area contributed by atoms with Gasteiger partial charge in [0.2, 0.25) is 0 Å². The summed E-state index contributed by atoms with van der Waals surface area (Å²) >= 11 is 3.42. The number of halogens is 2. The molecule has 3 nitrogen and oxygen atoms in total. The van der Waals surface area contributed by atoms with Crippen LogP contribution in [0.2, 0.25) is 0 Å². The molecule has 5 heteroatoms. The summed E-state index contributed by atoms with van der Waals surface area (Å²) in [6.07, 6.45) is 0. The first-order chi connectivity index (χ1) is 10.1. The molecule has 0 saturated carbocycles. The molecule has 0 amide bonds. The Morgan fingerprint density at radius 2 is 2.05 bits per heavy atom. The van der Waals surface area contributed by atoms with E-state index in [9.17, 15) is 4.39 Å². The SMILES string of the molecule is Cc1cccc2cc(C(NN)c3cc(F)ccc3Br)oc12. The predicted molar refractivity (Wildman–Crippen MR) is 84.2 cm³/mol. The maximum absolute atomic E-state index is 13.5. The van der Waals surface area contributed by atoms with Crippen molar-refractivity contribution < 1.29 is 8.81 Å². The van der Waals surface area contributed by atoms with Crippen molar-refractivity contribution in [3.8, 4) is 0 Å². The van der Waals surface area contributed by atoms with E-state index in [1.807, 2.05) is 31.2 Å². The first-order valence-corrected chi connectivity index (χ1v) is 7.29. The summed E-state index contributed by atoms with van der Waals surface area (Å²) in [6.45, 7) is 1.98. The van der Waals surface area contributed by atoms with Gasteiger partial charge in [0, 0.05) is 9.86 Å². The van der Waals surface area contributed by atoms with Crippen LogP contribution in [0.15, 0.2) is 51.4 Å². The quantitative estimate of drug-likeness (QED) is 0.551. The van der Waals surface area contributed by atoms with E-state index in [-0.39, 0.29) is 5.82 Å². The molecule has 0 saturated heterocycles. The van der Waals surface area contributed by atoms with Crippen molar-refractivity contribution in [2.45, 2.75) is 13.0 Å². The summed E-state index contributed by atoms with van der Waals surface area (Å²) in [4.78, 5) is 0. The minimum absolute atomic E-state index is 0.319. The lowest BCUT2D eigenvalue weighted by Crippen LogP contribution is -2.28. The predicted octanol–water partition coefficient (Wildman–Crippen LogP) is 4.20. The highest BCUT2D eigenvalue weighted by Crippen LogP contribution is 2.33. The summed E-state index contributed by atoms with van der Waals surface area (Å²) in [5.41, 5.74) is 5.25. The molecule has 1 unspecified atom stereocenters. The molecule has 21 heavy (non-hydrogen) atoms. The number of nitrogens with one attached hydrogen (secondary N) is 1. The highest BCUT2D eigenvalue weighted by atomic mass is 79.9. The first-order valence-electron chi connectivity index (χ1n) is 6.50. The molecule has 0 radical (unpaired) electrons. The van der Waals surface area contributed by atoms with E-state index in [0.717, 1.165) is 21.0 Å². The fourth-order valence-corrected chi connectivity index (χ4v) is 2.91. The third-order valence-corrected chi connectivity index (χ3v) is 4.20. The van der Waals surface area contributed by atoms with Crippen molar-refractivity contribution in [1.29, 1.82) is 0 Å². The van der Waals surface area contributed by atoms with Gasteiger partial charge in [-0.3, -0.25) is 5.84 Å². The number of fused-ring (bicyclic) bond motifs is 1. The number of hydrogen-bond acceptors (Lipinski definition) is 3. The van der Waals surface area contributed by atoms with E-state index < -0.39 is 6.04 Å². The average molecular weight is 349 g/mol. The molecular weight excluding hydrogens is 335 g/mol. The van der Waals surface area contributed by atoms with Crippen molar-refractivity contribution in [3.63, 3.8) is 0 Å². The fraction of sp³-hybridized carbons (Fsp3) is 0.125. The van der Waals surface area contributed by atoms with Crippen LogP contribution in [0.4, 0.5) is 4.39 Å². The maximum atomic E-state index is 13.5. The van der Waals surface area contributed by atoms with E-state index >= 15 is 0 Å². The normalized spacial score (nSPS) is 12.8. The Balaban J connectivity index is 2.13. The molecule has 0 spiro atoms. The van der Waals surface area contributed by atoms with Gasteiger partial charge in [-0.15, -0.1) is 0 Å². The number of hydrazine groups is 1. The molecule has 0 aliphatic carbocycles. The van der Waals surface area contributed by atoms with Crippen molar-refractivity contribution >= 4 is 26.9 Å². The van der Waals surface area contributed by atoms with Gasteiger partial charge in [0.1, 0.15) is 23.2 Å². The second-order valence-electron chi connectivity index (χ2n) is 4.91. The van der Waals surface area contributed by atoms with Gasteiger partial charge in [-0.25, -0.2) is 9.82 Å². The van der Waals surface area contributed by atoms with Crippen LogP contribution in [0, 0.1) is 12.7 Å². The second-order valence-corrected chi connectivity index (χ2v) is 5.76. The molecule has 0 aliphatic heterocycles. The fourth-order valence-electron chi connectivity index (χ4n) is 2.43. The van der Waals surface area contributed by atoms with Crippen LogP contribution >= 0.6 is 15.9 Å². The van der Waals surface area contributed by atoms with Gasteiger partial charge in [-0.05, 0) is 42.3 Å². The summed E-state index contributed by atoms with van der Waals surface area (Å²) < 4.78 is 20.2. The maximum Gasteiger partial charge on any atom is 0.137 e. The van der Waals surface area contributed by atoms with Gasteiger partial charge in [-0.1, -0.05) is 34.1 Å². The molecule has 0 bridgehead atoms. The van der Waals surface area contributed by atoms with Crippen LogP contribution in [0.3, 0.4) is 0 Å². The lowest BCUT2D eigenvalue weighted by Gasteiger charge is -2.15. The Labute approximate surface area is 130 Å². The highest BCUT2D eigenvalue weighted by molar-refractivity contribution is 9.10. The lowest BCUT2D eigenvalue weighted by molar-refractivity contribution is 0.474. The van der Waals surface area contributed by atoms with Crippen LogP contribution in [0.1, 0.15) is 22.9 Å². The molecule has 0 fully saturated rings. The van der Waals surface area contributed by atoms with Crippen molar-refractivity contribution in [2.24, 2.45) is 5.84 Å². The minimum Gasteiger partial charge on any atom is -0.459 e. The van der Waals surface area contributed by atoms with Gasteiger partial charge in [0.25, 0.3) is 0 Å². The van der Waals surface area contributed by atoms with Crippen LogP contribution in [-0.4, -0.2) is 0 Å². The zero-order chi connectivity index (χ0) is 15.0. The summed E-state index contributed by atoms with van der Waals surface area (Å²) in [6, 6.07) is 11.9. The first kappa shape index (κ1) is 14.3. The second kappa shape index (κ2) is 5.60. The lowest BCUT2D eigenvalue weighted by atomic mass is 10.0. The molecule has 0 aliphatic rings. The Morgan fingerprint density at radius 3 is 2.76 bits per heavy atom. The van der Waals surface area contributed by atoms with Crippen LogP contribution in [-0.2, 0) is 0 Å². The summed E-state index contributed by atoms with van der Waals surface area (Å²) in [5.74, 6) is 5.99. The summed E-state index contributed by atoms with van der Waals surface area (Å²) in [7, 11) is 0. The van der Waals surface area contributed by atoms with Gasteiger partial charge in [-0.2, -0.15) is 0 Å². The standard InChI is InChI=1S/C16H14BrFN2O/c1-9-3-2-4-10-7-14(21-16(9)10)15(20-19)12-8-11(18)5-6-13(12)17/h2-8,15,20H,19H2,1H3. The topological polar surface area (TPSA) is 51.2 Å². The van der Waals surface area contributed by atoms with Crippen molar-refractivity contribution in [2.75, 3.05) is 0 Å². The van der Waals surface area contributed by atoms with E-state index in [4.69, 9.17) is 10.3 Å². The Hall–Kier alpha value is -1.69. The van der Waals surface area contributed by atoms with Gasteiger partial charge < -0.3 is 4.42 Å².